The van der Waals surface area contributed by atoms with Gasteiger partial charge < -0.3 is 0 Å². The Morgan fingerprint density at radius 1 is 1.27 bits per heavy atom. The van der Waals surface area contributed by atoms with E-state index in [2.05, 4.69) is 6.92 Å². The second-order valence-corrected chi connectivity index (χ2v) is 7.57. The van der Waals surface area contributed by atoms with Crippen LogP contribution in [0.1, 0.15) is 13.3 Å². The molecule has 0 saturated heterocycles. The summed E-state index contributed by atoms with van der Waals surface area (Å²) in [4.78, 5) is 10.9. The molecular formula is C6H6OS4. The Balaban J connectivity index is 2.30. The summed E-state index contributed by atoms with van der Waals surface area (Å²) in [5.41, 5.74) is 0. The molecule has 0 saturated carbocycles. The Kier molecular flexibility index (Phi) is 2.32. The molecule has 2 rings (SSSR count). The first-order chi connectivity index (χ1) is 5.29. The predicted molar refractivity (Wildman–Crippen MR) is 54.3 cm³/mol. The quantitative estimate of drug-likeness (QED) is 0.727. The van der Waals surface area contributed by atoms with Crippen LogP contribution in [-0.2, 0) is 0 Å². The Morgan fingerprint density at radius 3 is 2.27 bits per heavy atom. The van der Waals surface area contributed by atoms with Crippen LogP contribution in [0.25, 0.3) is 0 Å². The second-order valence-electron chi connectivity index (χ2n) is 2.10. The maximum atomic E-state index is 10.9. The van der Waals surface area contributed by atoms with Crippen molar-refractivity contribution in [3.63, 3.8) is 0 Å². The van der Waals surface area contributed by atoms with Gasteiger partial charge in [0.1, 0.15) is 0 Å². The number of fused-ring (bicyclic) bond motifs is 1. The lowest BCUT2D eigenvalue weighted by Crippen LogP contribution is -1.86. The molecule has 1 nitrogen and oxygen atoms in total. The van der Waals surface area contributed by atoms with Crippen LogP contribution in [0.2, 0.25) is 0 Å². The summed E-state index contributed by atoms with van der Waals surface area (Å²) in [5.74, 6) is 0. The largest absolute Gasteiger partial charge is 0.289 e. The van der Waals surface area contributed by atoms with Crippen LogP contribution in [0.5, 0.6) is 0 Å². The molecule has 0 unspecified atom stereocenters. The highest BCUT2D eigenvalue weighted by Gasteiger charge is 2.24. The zero-order valence-corrected chi connectivity index (χ0v) is 9.09. The van der Waals surface area contributed by atoms with Crippen molar-refractivity contribution in [3.05, 3.63) is 8.85 Å². The third-order valence-corrected chi connectivity index (χ3v) is 7.14. The minimum atomic E-state index is 0.240. The van der Waals surface area contributed by atoms with Crippen LogP contribution >= 0.6 is 46.2 Å². The van der Waals surface area contributed by atoms with E-state index in [1.807, 2.05) is 23.5 Å². The Bertz CT molecular complexity index is 286. The molecule has 1 aromatic heterocycles. The van der Waals surface area contributed by atoms with Gasteiger partial charge in [-0.2, -0.15) is 0 Å². The fourth-order valence-corrected chi connectivity index (χ4v) is 7.03. The highest BCUT2D eigenvalue weighted by Crippen LogP contribution is 2.52. The van der Waals surface area contributed by atoms with Crippen LogP contribution < -0.4 is 4.06 Å². The fourth-order valence-electron chi connectivity index (χ4n) is 0.829. The number of hydrogen-bond donors (Lipinski definition) is 0. The van der Waals surface area contributed by atoms with Gasteiger partial charge in [0, 0.05) is 0 Å². The monoisotopic (exact) mass is 222 g/mol. The van der Waals surface area contributed by atoms with Gasteiger partial charge in [0.15, 0.2) is 0 Å². The summed E-state index contributed by atoms with van der Waals surface area (Å²) in [6.45, 7) is 2.18. The van der Waals surface area contributed by atoms with E-state index in [-0.39, 0.29) is 4.06 Å². The van der Waals surface area contributed by atoms with Crippen LogP contribution in [0.3, 0.4) is 0 Å². The summed E-state index contributed by atoms with van der Waals surface area (Å²) in [7, 11) is 0. The van der Waals surface area contributed by atoms with Gasteiger partial charge in [-0.25, -0.2) is 0 Å². The zero-order valence-electron chi connectivity index (χ0n) is 5.83. The molecule has 60 valence electrons. The molecular weight excluding hydrogens is 216 g/mol. The number of thioether (sulfide) groups is 2. The average molecular weight is 222 g/mol. The van der Waals surface area contributed by atoms with Crippen molar-refractivity contribution >= 4 is 46.2 Å². The highest BCUT2D eigenvalue weighted by molar-refractivity contribution is 8.21. The third kappa shape index (κ3) is 1.52. The molecule has 0 N–H and O–H groups in total. The SMILES string of the molecule is CCC1Sc2sc(=O)sc2S1. The molecule has 0 aromatic carbocycles. The minimum Gasteiger partial charge on any atom is -0.265 e. The molecule has 0 spiro atoms. The number of rotatable bonds is 1. The summed E-state index contributed by atoms with van der Waals surface area (Å²) in [6, 6.07) is 0. The van der Waals surface area contributed by atoms with Crippen molar-refractivity contribution in [2.45, 2.75) is 26.3 Å². The van der Waals surface area contributed by atoms with Crippen LogP contribution in [0.4, 0.5) is 0 Å². The molecule has 0 atom stereocenters. The van der Waals surface area contributed by atoms with Gasteiger partial charge in [0.05, 0.1) is 13.0 Å². The molecule has 5 heteroatoms. The summed E-state index contributed by atoms with van der Waals surface area (Å²) in [6.07, 6.45) is 1.18. The molecule has 1 aliphatic heterocycles. The van der Waals surface area contributed by atoms with E-state index in [0.717, 1.165) is 0 Å². The first kappa shape index (κ1) is 8.16. The van der Waals surface area contributed by atoms with E-state index in [1.165, 1.54) is 37.5 Å². The Morgan fingerprint density at radius 2 is 1.82 bits per heavy atom. The number of hydrogen-bond acceptors (Lipinski definition) is 5. The molecule has 11 heavy (non-hydrogen) atoms. The standard InChI is InChI=1S/C6H6OS4/c1-2-3-8-4-5(9-3)11-6(7)10-4/h3H,2H2,1H3. The lowest BCUT2D eigenvalue weighted by Gasteiger charge is -1.99. The van der Waals surface area contributed by atoms with Gasteiger partial charge in [-0.15, -0.1) is 0 Å². The molecule has 2 heterocycles. The van der Waals surface area contributed by atoms with Gasteiger partial charge in [-0.1, -0.05) is 53.1 Å². The van der Waals surface area contributed by atoms with Crippen LogP contribution in [-0.4, -0.2) is 4.58 Å². The summed E-state index contributed by atoms with van der Waals surface area (Å²) in [5, 5.41) is 0. The highest BCUT2D eigenvalue weighted by atomic mass is 32.2. The van der Waals surface area contributed by atoms with Crippen molar-refractivity contribution in [1.29, 1.82) is 0 Å². The van der Waals surface area contributed by atoms with Gasteiger partial charge in [-0.3, -0.25) is 4.79 Å². The molecule has 1 aliphatic rings. The van der Waals surface area contributed by atoms with Crippen molar-refractivity contribution in [2.75, 3.05) is 0 Å². The first-order valence-electron chi connectivity index (χ1n) is 3.27. The van der Waals surface area contributed by atoms with E-state index < -0.39 is 0 Å². The maximum absolute atomic E-state index is 10.9. The van der Waals surface area contributed by atoms with Crippen LogP contribution in [0, 0.1) is 0 Å². The summed E-state index contributed by atoms with van der Waals surface area (Å²) < 4.78 is 3.39. The van der Waals surface area contributed by atoms with Gasteiger partial charge in [0.2, 0.25) is 0 Å². The molecule has 1 aromatic rings. The minimum absolute atomic E-state index is 0.240. The second kappa shape index (κ2) is 3.12. The normalized spacial score (nSPS) is 17.2. The van der Waals surface area contributed by atoms with Crippen molar-refractivity contribution in [1.82, 2.24) is 0 Å². The Hall–Kier alpha value is 0.550. The first-order valence-corrected chi connectivity index (χ1v) is 6.66. The van der Waals surface area contributed by atoms with E-state index >= 15 is 0 Å². The lowest BCUT2D eigenvalue weighted by atomic mass is 10.6. The van der Waals surface area contributed by atoms with E-state index in [0.29, 0.717) is 4.58 Å². The lowest BCUT2D eigenvalue weighted by molar-refractivity contribution is 1.06. The molecule has 0 amide bonds. The maximum Gasteiger partial charge on any atom is 0.289 e. The van der Waals surface area contributed by atoms with E-state index in [9.17, 15) is 4.79 Å². The zero-order chi connectivity index (χ0) is 7.84. The molecule has 0 fully saturated rings. The fraction of sp³-hybridized carbons (Fsp3) is 0.500. The predicted octanol–water partition coefficient (Wildman–Crippen LogP) is 3.10. The van der Waals surface area contributed by atoms with Gasteiger partial charge >= 0.3 is 0 Å². The third-order valence-electron chi connectivity index (χ3n) is 1.33. The van der Waals surface area contributed by atoms with E-state index in [1.54, 1.807) is 0 Å². The van der Waals surface area contributed by atoms with Crippen molar-refractivity contribution in [2.24, 2.45) is 0 Å². The van der Waals surface area contributed by atoms with Crippen LogP contribution in [0.15, 0.2) is 13.2 Å². The van der Waals surface area contributed by atoms with Crippen molar-refractivity contribution < 1.29 is 0 Å². The molecule has 0 aliphatic carbocycles. The van der Waals surface area contributed by atoms with E-state index in [4.69, 9.17) is 0 Å². The van der Waals surface area contributed by atoms with Gasteiger partial charge in [-0.05, 0) is 6.42 Å². The van der Waals surface area contributed by atoms with Gasteiger partial charge in [0.25, 0.3) is 4.06 Å². The topological polar surface area (TPSA) is 17.1 Å². The molecule has 0 radical (unpaired) electrons. The average Bonchev–Trinajstić information content (AvgIpc) is 2.43. The molecule has 0 bridgehead atoms. The smallest absolute Gasteiger partial charge is 0.265 e. The Labute approximate surface area is 81.2 Å². The summed E-state index contributed by atoms with van der Waals surface area (Å²) >= 11 is 6.50. The van der Waals surface area contributed by atoms with Crippen molar-refractivity contribution in [3.8, 4) is 0 Å².